The maximum atomic E-state index is 12.2. The van der Waals surface area contributed by atoms with Crippen LogP contribution >= 0.6 is 0 Å². The molecule has 4 nitrogen and oxygen atoms in total. The van der Waals surface area contributed by atoms with Gasteiger partial charge in [0.25, 0.3) is 0 Å². The zero-order valence-electron chi connectivity index (χ0n) is 14.1. The minimum absolute atomic E-state index is 0.215. The number of amides is 1. The lowest BCUT2D eigenvalue weighted by molar-refractivity contribution is -0.139. The number of hydrogen-bond acceptors (Lipinski definition) is 3. The Morgan fingerprint density at radius 3 is 2.32 bits per heavy atom. The average Bonchev–Trinajstić information content (AvgIpc) is 2.48. The predicted octanol–water partition coefficient (Wildman–Crippen LogP) is 3.54. The third kappa shape index (κ3) is 4.58. The van der Waals surface area contributed by atoms with Crippen molar-refractivity contribution >= 4 is 11.6 Å². The van der Waals surface area contributed by atoms with Gasteiger partial charge in [0.15, 0.2) is 0 Å². The second-order valence-corrected chi connectivity index (χ2v) is 6.96. The molecule has 0 atom stereocenters. The first-order valence-corrected chi connectivity index (χ1v) is 7.89. The smallest absolute Gasteiger partial charge is 0.227 e. The summed E-state index contributed by atoms with van der Waals surface area (Å²) in [5, 5.41) is 4.24. The molecule has 1 aliphatic rings. The van der Waals surface area contributed by atoms with Gasteiger partial charge >= 0.3 is 0 Å². The van der Waals surface area contributed by atoms with E-state index in [-0.39, 0.29) is 11.3 Å². The number of benzene rings is 1. The molecule has 1 fully saturated rings. The molecule has 1 saturated heterocycles. The van der Waals surface area contributed by atoms with Gasteiger partial charge in [0.2, 0.25) is 5.91 Å². The Kier molecular flexibility index (Phi) is 5.22. The van der Waals surface area contributed by atoms with Gasteiger partial charge in [0, 0.05) is 31.3 Å². The summed E-state index contributed by atoms with van der Waals surface area (Å²) in [6.07, 6.45) is 1.60. The lowest BCUT2D eigenvalue weighted by Crippen LogP contribution is -2.44. The summed E-state index contributed by atoms with van der Waals surface area (Å²) >= 11 is 0. The van der Waals surface area contributed by atoms with Gasteiger partial charge in [0.05, 0.1) is 5.71 Å². The fourth-order valence-electron chi connectivity index (χ4n) is 2.42. The van der Waals surface area contributed by atoms with Gasteiger partial charge in [-0.05, 0) is 12.5 Å². The number of rotatable bonds is 3. The van der Waals surface area contributed by atoms with Gasteiger partial charge in [-0.2, -0.15) is 0 Å². The van der Waals surface area contributed by atoms with Crippen molar-refractivity contribution in [2.75, 3.05) is 13.1 Å². The van der Waals surface area contributed by atoms with E-state index in [1.54, 1.807) is 0 Å². The second-order valence-electron chi connectivity index (χ2n) is 6.96. The Bertz CT molecular complexity index is 531. The summed E-state index contributed by atoms with van der Waals surface area (Å²) in [6, 6.07) is 8.26. The fraction of sp³-hybridized carbons (Fsp3) is 0.556. The Balaban J connectivity index is 1.79. The predicted molar refractivity (Wildman–Crippen MR) is 88.7 cm³/mol. The summed E-state index contributed by atoms with van der Waals surface area (Å²) < 4.78 is 0. The summed E-state index contributed by atoms with van der Waals surface area (Å²) in [6.45, 7) is 9.93. The normalized spacial score (nSPS) is 15.6. The molecule has 4 heteroatoms. The Morgan fingerprint density at radius 1 is 1.18 bits per heavy atom. The molecule has 1 aromatic rings. The number of likely N-dealkylation sites (tertiary alicyclic amines) is 1. The van der Waals surface area contributed by atoms with Gasteiger partial charge < -0.3 is 9.74 Å². The van der Waals surface area contributed by atoms with Crippen LogP contribution in [0.4, 0.5) is 0 Å². The molecule has 1 heterocycles. The Morgan fingerprint density at radius 2 is 1.77 bits per heavy atom. The molecule has 0 radical (unpaired) electrons. The van der Waals surface area contributed by atoms with Crippen LogP contribution in [-0.2, 0) is 16.2 Å². The van der Waals surface area contributed by atoms with E-state index in [4.69, 9.17) is 4.84 Å². The minimum Gasteiger partial charge on any atom is -0.391 e. The molecule has 0 aromatic heterocycles. The first-order chi connectivity index (χ1) is 10.4. The molecule has 0 saturated carbocycles. The number of nitrogens with zero attached hydrogens (tertiary/aromatic N) is 2. The topological polar surface area (TPSA) is 41.9 Å². The standard InChI is InChI=1S/C18H26N2O2/c1-14-5-7-15(8-6-14)13-22-19-16-9-11-20(12-10-16)17(21)18(2,3)4/h5-8H,9-13H2,1-4H3. The van der Waals surface area contributed by atoms with Crippen molar-refractivity contribution in [3.05, 3.63) is 35.4 Å². The molecule has 0 bridgehead atoms. The maximum absolute atomic E-state index is 12.2. The maximum Gasteiger partial charge on any atom is 0.227 e. The van der Waals surface area contributed by atoms with Crippen LogP contribution in [0, 0.1) is 12.3 Å². The van der Waals surface area contributed by atoms with Gasteiger partial charge in [-0.25, -0.2) is 0 Å². The zero-order valence-corrected chi connectivity index (χ0v) is 14.1. The van der Waals surface area contributed by atoms with Crippen molar-refractivity contribution in [3.63, 3.8) is 0 Å². The van der Waals surface area contributed by atoms with Crippen LogP contribution in [0.3, 0.4) is 0 Å². The van der Waals surface area contributed by atoms with Crippen LogP contribution in [0.25, 0.3) is 0 Å². The highest BCUT2D eigenvalue weighted by Gasteiger charge is 2.29. The van der Waals surface area contributed by atoms with Crippen LogP contribution in [0.15, 0.2) is 29.4 Å². The van der Waals surface area contributed by atoms with Crippen molar-refractivity contribution in [3.8, 4) is 0 Å². The quantitative estimate of drug-likeness (QED) is 0.801. The molecule has 22 heavy (non-hydrogen) atoms. The van der Waals surface area contributed by atoms with Crippen molar-refractivity contribution < 1.29 is 9.63 Å². The zero-order chi connectivity index (χ0) is 16.2. The molecular formula is C18H26N2O2. The molecule has 1 aliphatic heterocycles. The number of hydrogen-bond donors (Lipinski definition) is 0. The van der Waals surface area contributed by atoms with Crippen LogP contribution in [0.5, 0.6) is 0 Å². The Labute approximate surface area is 133 Å². The highest BCUT2D eigenvalue weighted by Crippen LogP contribution is 2.20. The third-order valence-corrected chi connectivity index (χ3v) is 3.81. The average molecular weight is 302 g/mol. The first kappa shape index (κ1) is 16.5. The van der Waals surface area contributed by atoms with Gasteiger partial charge in [0.1, 0.15) is 6.61 Å². The van der Waals surface area contributed by atoms with E-state index in [2.05, 4.69) is 36.3 Å². The van der Waals surface area contributed by atoms with Crippen molar-refractivity contribution in [2.24, 2.45) is 10.6 Å². The lowest BCUT2D eigenvalue weighted by atomic mass is 9.93. The van der Waals surface area contributed by atoms with E-state index >= 15 is 0 Å². The van der Waals surface area contributed by atoms with Crippen LogP contribution in [0.1, 0.15) is 44.7 Å². The van der Waals surface area contributed by atoms with E-state index in [0.717, 1.165) is 37.2 Å². The highest BCUT2D eigenvalue weighted by molar-refractivity contribution is 5.88. The SMILES string of the molecule is Cc1ccc(CON=C2CCN(C(=O)C(C)(C)C)CC2)cc1. The van der Waals surface area contributed by atoms with E-state index < -0.39 is 0 Å². The molecule has 2 rings (SSSR count). The van der Waals surface area contributed by atoms with Gasteiger partial charge in [-0.1, -0.05) is 55.8 Å². The Hall–Kier alpha value is -1.84. The van der Waals surface area contributed by atoms with Crippen LogP contribution < -0.4 is 0 Å². The summed E-state index contributed by atoms with van der Waals surface area (Å²) in [7, 11) is 0. The summed E-state index contributed by atoms with van der Waals surface area (Å²) in [5.41, 5.74) is 3.10. The lowest BCUT2D eigenvalue weighted by Gasteiger charge is -2.32. The molecule has 0 unspecified atom stereocenters. The minimum atomic E-state index is -0.309. The van der Waals surface area contributed by atoms with E-state index in [0.29, 0.717) is 6.61 Å². The van der Waals surface area contributed by atoms with Crippen molar-refractivity contribution in [2.45, 2.75) is 47.1 Å². The van der Waals surface area contributed by atoms with E-state index in [9.17, 15) is 4.79 Å². The van der Waals surface area contributed by atoms with E-state index in [1.165, 1.54) is 5.56 Å². The molecule has 120 valence electrons. The number of carbonyl (C=O) groups excluding carboxylic acids is 1. The molecule has 1 amide bonds. The number of oxime groups is 1. The largest absolute Gasteiger partial charge is 0.391 e. The fourth-order valence-corrected chi connectivity index (χ4v) is 2.42. The molecule has 0 spiro atoms. The summed E-state index contributed by atoms with van der Waals surface area (Å²) in [5.74, 6) is 0.215. The number of carbonyl (C=O) groups is 1. The van der Waals surface area contributed by atoms with Gasteiger partial charge in [-0.3, -0.25) is 4.79 Å². The van der Waals surface area contributed by atoms with E-state index in [1.807, 2.05) is 25.7 Å². The molecule has 0 aliphatic carbocycles. The molecule has 0 N–H and O–H groups in total. The van der Waals surface area contributed by atoms with Crippen LogP contribution in [0.2, 0.25) is 0 Å². The summed E-state index contributed by atoms with van der Waals surface area (Å²) in [4.78, 5) is 19.6. The monoisotopic (exact) mass is 302 g/mol. The highest BCUT2D eigenvalue weighted by atomic mass is 16.6. The second kappa shape index (κ2) is 6.95. The van der Waals surface area contributed by atoms with Crippen molar-refractivity contribution in [1.82, 2.24) is 4.90 Å². The van der Waals surface area contributed by atoms with Crippen LogP contribution in [-0.4, -0.2) is 29.6 Å². The first-order valence-electron chi connectivity index (χ1n) is 7.89. The number of piperidine rings is 1. The number of aryl methyl sites for hydroxylation is 1. The third-order valence-electron chi connectivity index (χ3n) is 3.81. The molecular weight excluding hydrogens is 276 g/mol. The van der Waals surface area contributed by atoms with Crippen molar-refractivity contribution in [1.29, 1.82) is 0 Å². The van der Waals surface area contributed by atoms with Gasteiger partial charge in [-0.15, -0.1) is 0 Å². The molecule has 1 aromatic carbocycles.